The number of rotatable bonds is 4. The topological polar surface area (TPSA) is 89.9 Å². The third kappa shape index (κ3) is 4.23. The quantitative estimate of drug-likeness (QED) is 0.597. The first kappa shape index (κ1) is 22.0. The average molecular weight is 448 g/mol. The van der Waals surface area contributed by atoms with Gasteiger partial charge in [0.1, 0.15) is 0 Å². The number of halogens is 3. The molecule has 0 atom stereocenters. The Bertz CT molecular complexity index is 1100. The Kier molecular flexibility index (Phi) is 5.74. The smallest absolute Gasteiger partial charge is 0.339 e. The summed E-state index contributed by atoms with van der Waals surface area (Å²) in [6.07, 6.45) is -0.821. The Labute approximate surface area is 182 Å². The van der Waals surface area contributed by atoms with Crippen LogP contribution in [0.5, 0.6) is 0 Å². The third-order valence-electron chi connectivity index (χ3n) is 5.55. The summed E-state index contributed by atoms with van der Waals surface area (Å²) >= 11 is 0. The molecular weight excluding hydrogens is 425 g/mol. The number of piperidine rings is 1. The second-order valence-corrected chi connectivity index (χ2v) is 8.16. The predicted octanol–water partition coefficient (Wildman–Crippen LogP) is 4.12. The fourth-order valence-corrected chi connectivity index (χ4v) is 3.92. The molecule has 11 heteroatoms. The van der Waals surface area contributed by atoms with E-state index in [0.717, 1.165) is 12.3 Å². The molecule has 1 saturated heterocycles. The maximum absolute atomic E-state index is 13.3. The Morgan fingerprint density at radius 1 is 1.19 bits per heavy atom. The fourth-order valence-electron chi connectivity index (χ4n) is 3.92. The lowest BCUT2D eigenvalue weighted by Crippen LogP contribution is -2.38. The van der Waals surface area contributed by atoms with Gasteiger partial charge < -0.3 is 9.42 Å². The van der Waals surface area contributed by atoms with Gasteiger partial charge in [-0.1, -0.05) is 19.0 Å². The summed E-state index contributed by atoms with van der Waals surface area (Å²) in [6, 6.07) is 2.22. The average Bonchev–Trinajstić information content (AvgIpc) is 3.39. The van der Waals surface area contributed by atoms with Crippen molar-refractivity contribution in [2.45, 2.75) is 51.6 Å². The summed E-state index contributed by atoms with van der Waals surface area (Å²) in [6.45, 7) is 6.64. The maximum atomic E-state index is 13.3. The minimum absolute atomic E-state index is 0.0977. The van der Waals surface area contributed by atoms with Gasteiger partial charge in [0.05, 0.1) is 23.0 Å². The highest BCUT2D eigenvalue weighted by Crippen LogP contribution is 2.31. The van der Waals surface area contributed by atoms with Crippen molar-refractivity contribution in [1.29, 1.82) is 0 Å². The Morgan fingerprint density at radius 3 is 2.44 bits per heavy atom. The molecule has 1 amide bonds. The van der Waals surface area contributed by atoms with Crippen LogP contribution in [0.25, 0.3) is 5.82 Å². The van der Waals surface area contributed by atoms with E-state index in [0.29, 0.717) is 48.9 Å². The highest BCUT2D eigenvalue weighted by molar-refractivity contribution is 5.95. The number of alkyl halides is 3. The van der Waals surface area contributed by atoms with Gasteiger partial charge >= 0.3 is 6.18 Å². The molecule has 1 fully saturated rings. The van der Waals surface area contributed by atoms with Crippen LogP contribution in [0.1, 0.15) is 71.9 Å². The van der Waals surface area contributed by atoms with Gasteiger partial charge in [0, 0.05) is 25.2 Å². The van der Waals surface area contributed by atoms with Gasteiger partial charge in [0.25, 0.3) is 5.91 Å². The highest BCUT2D eigenvalue weighted by atomic mass is 19.4. The van der Waals surface area contributed by atoms with E-state index in [1.54, 1.807) is 11.8 Å². The predicted molar refractivity (Wildman–Crippen MR) is 107 cm³/mol. The van der Waals surface area contributed by atoms with Gasteiger partial charge in [-0.15, -0.1) is 0 Å². The van der Waals surface area contributed by atoms with E-state index < -0.39 is 11.7 Å². The molecule has 1 aliphatic rings. The van der Waals surface area contributed by atoms with Crippen LogP contribution >= 0.6 is 0 Å². The zero-order valence-electron chi connectivity index (χ0n) is 17.9. The van der Waals surface area contributed by atoms with Crippen LogP contribution in [0.2, 0.25) is 0 Å². The number of likely N-dealkylation sites (tertiary alicyclic amines) is 1. The van der Waals surface area contributed by atoms with Gasteiger partial charge in [-0.3, -0.25) is 4.79 Å². The van der Waals surface area contributed by atoms with Crippen molar-refractivity contribution in [2.24, 2.45) is 0 Å². The van der Waals surface area contributed by atoms with Crippen molar-refractivity contribution in [1.82, 2.24) is 29.8 Å². The van der Waals surface area contributed by atoms with E-state index in [2.05, 4.69) is 20.2 Å². The number of nitrogens with zero attached hydrogens (tertiary/aromatic N) is 6. The molecule has 0 saturated carbocycles. The number of aromatic nitrogens is 5. The van der Waals surface area contributed by atoms with Gasteiger partial charge in [0.2, 0.25) is 5.89 Å². The van der Waals surface area contributed by atoms with Crippen molar-refractivity contribution in [3.8, 4) is 5.82 Å². The van der Waals surface area contributed by atoms with Gasteiger partial charge in [0.15, 0.2) is 11.6 Å². The fraction of sp³-hybridized carbons (Fsp3) is 0.476. The normalized spacial score (nSPS) is 15.5. The van der Waals surface area contributed by atoms with Crippen molar-refractivity contribution in [2.75, 3.05) is 13.1 Å². The van der Waals surface area contributed by atoms with Crippen LogP contribution < -0.4 is 0 Å². The summed E-state index contributed by atoms with van der Waals surface area (Å²) in [5.41, 5.74) is 0.195. The minimum atomic E-state index is -4.47. The van der Waals surface area contributed by atoms with E-state index in [1.165, 1.54) is 16.9 Å². The second kappa shape index (κ2) is 8.36. The lowest BCUT2D eigenvalue weighted by molar-refractivity contribution is -0.137. The van der Waals surface area contributed by atoms with E-state index in [4.69, 9.17) is 4.52 Å². The Hall–Kier alpha value is -3.24. The molecule has 1 aliphatic heterocycles. The number of hydrogen-bond donors (Lipinski definition) is 0. The van der Waals surface area contributed by atoms with Crippen molar-refractivity contribution >= 4 is 5.91 Å². The Morgan fingerprint density at radius 2 is 1.91 bits per heavy atom. The number of amides is 1. The van der Waals surface area contributed by atoms with Crippen LogP contribution in [-0.4, -0.2) is 48.8 Å². The number of aryl methyl sites for hydroxylation is 1. The van der Waals surface area contributed by atoms with Gasteiger partial charge in [-0.05, 0) is 37.8 Å². The molecule has 170 valence electrons. The molecule has 4 rings (SSSR count). The van der Waals surface area contributed by atoms with Gasteiger partial charge in [-0.2, -0.15) is 23.3 Å². The van der Waals surface area contributed by atoms with Crippen LogP contribution in [0.3, 0.4) is 0 Å². The number of carbonyl (C=O) groups excluding carboxylic acids is 1. The zero-order chi connectivity index (χ0) is 23.0. The molecule has 3 aromatic rings. The lowest BCUT2D eigenvalue weighted by atomic mass is 9.96. The number of carbonyl (C=O) groups is 1. The van der Waals surface area contributed by atoms with Crippen molar-refractivity contribution in [3.63, 3.8) is 0 Å². The summed E-state index contributed by atoms with van der Waals surface area (Å²) in [5.74, 6) is 1.27. The molecule has 0 unspecified atom stereocenters. The van der Waals surface area contributed by atoms with Crippen LogP contribution in [0.4, 0.5) is 13.2 Å². The molecule has 0 aromatic carbocycles. The first-order chi connectivity index (χ1) is 15.1. The largest absolute Gasteiger partial charge is 0.417 e. The first-order valence-electron chi connectivity index (χ1n) is 10.4. The molecule has 0 bridgehead atoms. The summed E-state index contributed by atoms with van der Waals surface area (Å²) in [4.78, 5) is 23.2. The van der Waals surface area contributed by atoms with E-state index in [1.807, 2.05) is 13.8 Å². The van der Waals surface area contributed by atoms with E-state index in [9.17, 15) is 18.0 Å². The molecule has 32 heavy (non-hydrogen) atoms. The first-order valence-corrected chi connectivity index (χ1v) is 10.4. The summed E-state index contributed by atoms with van der Waals surface area (Å²) in [7, 11) is 0. The van der Waals surface area contributed by atoms with E-state index >= 15 is 0 Å². The van der Waals surface area contributed by atoms with E-state index in [-0.39, 0.29) is 23.6 Å². The number of pyridine rings is 1. The maximum Gasteiger partial charge on any atom is 0.417 e. The Balaban J connectivity index is 1.54. The second-order valence-electron chi connectivity index (χ2n) is 8.16. The standard InChI is InChI=1S/C21H23F3N6O2/c1-12(2)18-16(11-26-30(18)17-5-4-15(10-25-17)21(22,23)24)20(31)29-8-6-14(7-9-29)19-27-13(3)28-32-19/h4-5,10-12,14H,6-9H2,1-3H3. The molecule has 8 nitrogen and oxygen atoms in total. The number of hydrogen-bond acceptors (Lipinski definition) is 6. The molecule has 3 aromatic heterocycles. The SMILES string of the molecule is Cc1noc(C2CCN(C(=O)c3cnn(-c4ccc(C(F)(F)F)cn4)c3C(C)C)CC2)n1. The molecule has 0 aliphatic carbocycles. The molecular formula is C21H23F3N6O2. The third-order valence-corrected chi connectivity index (χ3v) is 5.55. The lowest BCUT2D eigenvalue weighted by Gasteiger charge is -2.30. The van der Waals surface area contributed by atoms with Gasteiger partial charge in [-0.25, -0.2) is 9.67 Å². The monoisotopic (exact) mass is 448 g/mol. The molecule has 0 N–H and O–H groups in total. The molecule has 4 heterocycles. The highest BCUT2D eigenvalue weighted by Gasteiger charge is 2.32. The summed E-state index contributed by atoms with van der Waals surface area (Å²) < 4.78 is 45.3. The molecule has 0 radical (unpaired) electrons. The minimum Gasteiger partial charge on any atom is -0.339 e. The van der Waals surface area contributed by atoms with Crippen molar-refractivity contribution in [3.05, 3.63) is 53.1 Å². The molecule has 0 spiro atoms. The summed E-state index contributed by atoms with van der Waals surface area (Å²) in [5, 5.41) is 8.10. The van der Waals surface area contributed by atoms with Crippen LogP contribution in [0, 0.1) is 6.92 Å². The zero-order valence-corrected chi connectivity index (χ0v) is 17.9. The van der Waals surface area contributed by atoms with Crippen LogP contribution in [-0.2, 0) is 6.18 Å². The van der Waals surface area contributed by atoms with Crippen LogP contribution in [0.15, 0.2) is 29.0 Å². The van der Waals surface area contributed by atoms with Crippen molar-refractivity contribution < 1.29 is 22.5 Å².